The van der Waals surface area contributed by atoms with E-state index < -0.39 is 11.5 Å². The third-order valence-corrected chi connectivity index (χ3v) is 4.38. The molecule has 0 radical (unpaired) electrons. The standard InChI is InChI=1S/C20H21F2N3O5/c1-2-29-18-9-12(3-8-17(18)30-20(21)22)11-23-15-7-4-13(10-16(15)25(27)28)19(26)24-14-5-6-14/h3-4,7-10,14,20,23H,2,5-6,11H2,1H3,(H,24,26). The van der Waals surface area contributed by atoms with Crippen LogP contribution >= 0.6 is 0 Å². The summed E-state index contributed by atoms with van der Waals surface area (Å²) in [5.41, 5.74) is 0.853. The summed E-state index contributed by atoms with van der Waals surface area (Å²) in [6.45, 7) is -0.844. The summed E-state index contributed by atoms with van der Waals surface area (Å²) in [6, 6.07) is 8.79. The number of halogens is 2. The Morgan fingerprint density at radius 2 is 2.00 bits per heavy atom. The highest BCUT2D eigenvalue weighted by Gasteiger charge is 2.25. The predicted octanol–water partition coefficient (Wildman–Crippen LogP) is 4.10. The summed E-state index contributed by atoms with van der Waals surface area (Å²) in [7, 11) is 0. The van der Waals surface area contributed by atoms with Crippen LogP contribution in [0.1, 0.15) is 35.7 Å². The Kier molecular flexibility index (Phi) is 6.65. The number of carbonyl (C=O) groups is 1. The second-order valence-corrected chi connectivity index (χ2v) is 6.68. The molecule has 8 nitrogen and oxygen atoms in total. The third-order valence-electron chi connectivity index (χ3n) is 4.38. The first-order valence-corrected chi connectivity index (χ1v) is 9.41. The minimum Gasteiger partial charge on any atom is -0.490 e. The van der Waals surface area contributed by atoms with Gasteiger partial charge in [0.15, 0.2) is 11.5 Å². The fourth-order valence-corrected chi connectivity index (χ4v) is 2.79. The molecule has 10 heteroatoms. The quantitative estimate of drug-likeness (QED) is 0.442. The minimum absolute atomic E-state index is 0.0902. The van der Waals surface area contributed by atoms with Crippen molar-refractivity contribution < 1.29 is 28.0 Å². The zero-order valence-electron chi connectivity index (χ0n) is 16.2. The fraction of sp³-hybridized carbons (Fsp3) is 0.350. The molecule has 1 aliphatic rings. The number of alkyl halides is 2. The lowest BCUT2D eigenvalue weighted by atomic mass is 10.1. The number of amides is 1. The molecular weight excluding hydrogens is 400 g/mol. The van der Waals surface area contributed by atoms with Crippen LogP contribution in [0.3, 0.4) is 0 Å². The highest BCUT2D eigenvalue weighted by Crippen LogP contribution is 2.31. The molecular formula is C20H21F2N3O5. The van der Waals surface area contributed by atoms with Gasteiger partial charge in [-0.15, -0.1) is 0 Å². The van der Waals surface area contributed by atoms with E-state index in [1.54, 1.807) is 13.0 Å². The molecule has 160 valence electrons. The lowest BCUT2D eigenvalue weighted by Crippen LogP contribution is -2.25. The Balaban J connectivity index is 1.74. The first kappa shape index (κ1) is 21.3. The molecule has 2 aromatic rings. The Morgan fingerprint density at radius 1 is 1.23 bits per heavy atom. The first-order valence-electron chi connectivity index (χ1n) is 9.41. The van der Waals surface area contributed by atoms with E-state index in [2.05, 4.69) is 15.4 Å². The Morgan fingerprint density at radius 3 is 2.63 bits per heavy atom. The van der Waals surface area contributed by atoms with Gasteiger partial charge in [0, 0.05) is 24.2 Å². The van der Waals surface area contributed by atoms with Gasteiger partial charge in [-0.25, -0.2) is 0 Å². The van der Waals surface area contributed by atoms with Crippen molar-refractivity contribution in [2.24, 2.45) is 0 Å². The van der Waals surface area contributed by atoms with E-state index in [4.69, 9.17) is 4.74 Å². The maximum absolute atomic E-state index is 12.5. The second-order valence-electron chi connectivity index (χ2n) is 6.68. The molecule has 0 saturated heterocycles. The monoisotopic (exact) mass is 421 g/mol. The number of carbonyl (C=O) groups excluding carboxylic acids is 1. The molecule has 2 N–H and O–H groups in total. The van der Waals surface area contributed by atoms with E-state index in [9.17, 15) is 23.7 Å². The van der Waals surface area contributed by atoms with E-state index in [0.29, 0.717) is 5.56 Å². The number of nitrogens with zero attached hydrogens (tertiary/aromatic N) is 1. The van der Waals surface area contributed by atoms with Gasteiger partial charge >= 0.3 is 6.61 Å². The van der Waals surface area contributed by atoms with E-state index >= 15 is 0 Å². The average Bonchev–Trinajstić information content (AvgIpc) is 3.51. The van der Waals surface area contributed by atoms with Crippen molar-refractivity contribution in [1.29, 1.82) is 0 Å². The van der Waals surface area contributed by atoms with Crippen molar-refractivity contribution in [3.8, 4) is 11.5 Å². The highest BCUT2D eigenvalue weighted by atomic mass is 19.3. The number of ether oxygens (including phenoxy) is 2. The van der Waals surface area contributed by atoms with Crippen molar-refractivity contribution in [3.63, 3.8) is 0 Å². The van der Waals surface area contributed by atoms with Gasteiger partial charge in [0.05, 0.1) is 11.5 Å². The molecule has 0 aliphatic heterocycles. The van der Waals surface area contributed by atoms with Crippen LogP contribution in [0.4, 0.5) is 20.2 Å². The maximum Gasteiger partial charge on any atom is 0.387 e. The molecule has 0 spiro atoms. The number of nitro groups is 1. The van der Waals surface area contributed by atoms with Crippen LogP contribution in [0.25, 0.3) is 0 Å². The van der Waals surface area contributed by atoms with Crippen LogP contribution in [0.2, 0.25) is 0 Å². The smallest absolute Gasteiger partial charge is 0.387 e. The summed E-state index contributed by atoms with van der Waals surface area (Å²) in [4.78, 5) is 23.0. The molecule has 1 aliphatic carbocycles. The van der Waals surface area contributed by atoms with Crippen molar-refractivity contribution in [2.75, 3.05) is 11.9 Å². The van der Waals surface area contributed by atoms with Crippen LogP contribution < -0.4 is 20.1 Å². The lowest BCUT2D eigenvalue weighted by Gasteiger charge is -2.14. The van der Waals surface area contributed by atoms with Gasteiger partial charge in [-0.3, -0.25) is 14.9 Å². The number of hydrogen-bond acceptors (Lipinski definition) is 6. The zero-order chi connectivity index (χ0) is 21.7. The van der Waals surface area contributed by atoms with E-state index in [1.165, 1.54) is 30.3 Å². The van der Waals surface area contributed by atoms with E-state index in [0.717, 1.165) is 12.8 Å². The number of anilines is 1. The molecule has 1 saturated carbocycles. The summed E-state index contributed by atoms with van der Waals surface area (Å²) in [5, 5.41) is 17.2. The van der Waals surface area contributed by atoms with Crippen molar-refractivity contribution >= 4 is 17.3 Å². The van der Waals surface area contributed by atoms with E-state index in [1.807, 2.05) is 0 Å². The summed E-state index contributed by atoms with van der Waals surface area (Å²) < 4.78 is 34.8. The number of nitro benzene ring substituents is 1. The summed E-state index contributed by atoms with van der Waals surface area (Å²) in [6.07, 6.45) is 1.83. The lowest BCUT2D eigenvalue weighted by molar-refractivity contribution is -0.384. The van der Waals surface area contributed by atoms with Gasteiger partial charge in [-0.2, -0.15) is 8.78 Å². The number of rotatable bonds is 10. The first-order chi connectivity index (χ1) is 14.4. The fourth-order valence-electron chi connectivity index (χ4n) is 2.79. The maximum atomic E-state index is 12.5. The molecule has 30 heavy (non-hydrogen) atoms. The van der Waals surface area contributed by atoms with Crippen LogP contribution in [0, 0.1) is 10.1 Å². The summed E-state index contributed by atoms with van der Waals surface area (Å²) >= 11 is 0. The highest BCUT2D eigenvalue weighted by molar-refractivity contribution is 5.96. The zero-order valence-corrected chi connectivity index (χ0v) is 16.2. The minimum atomic E-state index is -2.98. The SMILES string of the molecule is CCOc1cc(CNc2ccc(C(=O)NC3CC3)cc2[N+](=O)[O-])ccc1OC(F)F. The normalized spacial score (nSPS) is 13.1. The topological polar surface area (TPSA) is 103 Å². The predicted molar refractivity (Wildman–Crippen MR) is 105 cm³/mol. The van der Waals surface area contributed by atoms with Gasteiger partial charge in [0.1, 0.15) is 5.69 Å². The number of benzene rings is 2. The third kappa shape index (κ3) is 5.56. The van der Waals surface area contributed by atoms with Gasteiger partial charge in [0.25, 0.3) is 11.6 Å². The van der Waals surface area contributed by atoms with Gasteiger partial charge in [0.2, 0.25) is 0 Å². The Labute approximate surface area is 171 Å². The number of hydrogen-bond donors (Lipinski definition) is 2. The molecule has 1 fully saturated rings. The van der Waals surface area contributed by atoms with Crippen LogP contribution in [0.15, 0.2) is 36.4 Å². The molecule has 0 bridgehead atoms. The van der Waals surface area contributed by atoms with E-state index in [-0.39, 0.29) is 53.5 Å². The van der Waals surface area contributed by atoms with Crippen LogP contribution in [0.5, 0.6) is 11.5 Å². The molecule has 0 heterocycles. The van der Waals surface area contributed by atoms with Crippen LogP contribution in [-0.2, 0) is 6.54 Å². The second kappa shape index (κ2) is 9.38. The van der Waals surface area contributed by atoms with Gasteiger partial charge in [-0.05, 0) is 49.6 Å². The van der Waals surface area contributed by atoms with Gasteiger partial charge in [-0.1, -0.05) is 6.07 Å². The Bertz CT molecular complexity index is 935. The summed E-state index contributed by atoms with van der Waals surface area (Å²) in [5.74, 6) is -0.283. The molecule has 1 amide bonds. The largest absolute Gasteiger partial charge is 0.490 e. The molecule has 3 rings (SSSR count). The molecule has 2 aromatic carbocycles. The number of nitrogens with one attached hydrogen (secondary N) is 2. The van der Waals surface area contributed by atoms with Crippen molar-refractivity contribution in [3.05, 3.63) is 57.6 Å². The van der Waals surface area contributed by atoms with Crippen LogP contribution in [-0.4, -0.2) is 30.1 Å². The van der Waals surface area contributed by atoms with Crippen molar-refractivity contribution in [1.82, 2.24) is 5.32 Å². The molecule has 0 aromatic heterocycles. The van der Waals surface area contributed by atoms with Crippen molar-refractivity contribution in [2.45, 2.75) is 39.0 Å². The van der Waals surface area contributed by atoms with Gasteiger partial charge < -0.3 is 20.1 Å². The molecule has 0 unspecified atom stereocenters. The molecule has 0 atom stereocenters. The Hall–Kier alpha value is -3.43. The average molecular weight is 421 g/mol.